The van der Waals surface area contributed by atoms with Crippen molar-refractivity contribution in [2.75, 3.05) is 14.2 Å². The first-order chi connectivity index (χ1) is 10.4. The van der Waals surface area contributed by atoms with Crippen LogP contribution in [0.4, 0.5) is 0 Å². The molecule has 120 valence electrons. The van der Waals surface area contributed by atoms with E-state index in [1.807, 2.05) is 6.92 Å². The molecule has 1 aromatic heterocycles. The van der Waals surface area contributed by atoms with Crippen molar-refractivity contribution in [3.05, 3.63) is 35.7 Å². The second-order valence-electron chi connectivity index (χ2n) is 4.72. The van der Waals surface area contributed by atoms with Gasteiger partial charge in [0.25, 0.3) is 0 Å². The summed E-state index contributed by atoms with van der Waals surface area (Å²) in [7, 11) is 1.03. The molecule has 0 saturated heterocycles. The Morgan fingerprint density at radius 3 is 2.55 bits per heavy atom. The van der Waals surface area contributed by atoms with Crippen LogP contribution in [0.25, 0.3) is 0 Å². The van der Waals surface area contributed by atoms with Crippen LogP contribution >= 0.6 is 0 Å². The molecule has 8 heteroatoms. The molecule has 0 atom stereocenters. The molecule has 0 spiro atoms. The van der Waals surface area contributed by atoms with Gasteiger partial charge in [0, 0.05) is 30.9 Å². The Balaban J connectivity index is 2.25. The average Bonchev–Trinajstić information content (AvgIpc) is 2.84. The maximum atomic E-state index is 12.4. The van der Waals surface area contributed by atoms with E-state index in [0.29, 0.717) is 5.75 Å². The Morgan fingerprint density at radius 1 is 1.27 bits per heavy atom. The Kier molecular flexibility index (Phi) is 4.72. The zero-order valence-corrected chi connectivity index (χ0v) is 13.8. The van der Waals surface area contributed by atoms with Gasteiger partial charge in [-0.3, -0.25) is 4.68 Å². The van der Waals surface area contributed by atoms with Gasteiger partial charge in [-0.2, -0.15) is 5.10 Å². The minimum absolute atomic E-state index is 0.0670. The summed E-state index contributed by atoms with van der Waals surface area (Å²) >= 11 is 0. The Bertz CT molecular complexity index is 768. The zero-order valence-electron chi connectivity index (χ0n) is 13.0. The molecule has 0 saturated carbocycles. The molecular formula is C14H19N3O4S. The fourth-order valence-electron chi connectivity index (χ4n) is 1.97. The zero-order chi connectivity index (χ0) is 16.3. The van der Waals surface area contributed by atoms with Gasteiger partial charge < -0.3 is 9.47 Å². The maximum absolute atomic E-state index is 12.4. The number of nitrogens with one attached hydrogen (secondary N) is 1. The second-order valence-corrected chi connectivity index (χ2v) is 6.46. The van der Waals surface area contributed by atoms with Crippen LogP contribution in [0, 0.1) is 6.92 Å². The van der Waals surface area contributed by atoms with Crippen LogP contribution in [-0.4, -0.2) is 32.4 Å². The van der Waals surface area contributed by atoms with E-state index < -0.39 is 10.0 Å². The van der Waals surface area contributed by atoms with E-state index in [4.69, 9.17) is 9.47 Å². The largest absolute Gasteiger partial charge is 0.497 e. The molecule has 1 N–H and O–H groups in total. The fourth-order valence-corrected chi connectivity index (χ4v) is 3.12. The van der Waals surface area contributed by atoms with Gasteiger partial charge in [0.2, 0.25) is 10.0 Å². The van der Waals surface area contributed by atoms with Crippen molar-refractivity contribution in [1.82, 2.24) is 14.5 Å². The molecule has 0 bridgehead atoms. The monoisotopic (exact) mass is 325 g/mol. The normalized spacial score (nSPS) is 11.5. The van der Waals surface area contributed by atoms with E-state index >= 15 is 0 Å². The van der Waals surface area contributed by atoms with Gasteiger partial charge in [-0.15, -0.1) is 0 Å². The summed E-state index contributed by atoms with van der Waals surface area (Å²) in [5, 5.41) is 4.09. The van der Waals surface area contributed by atoms with Crippen LogP contribution in [0.15, 0.2) is 29.3 Å². The average molecular weight is 325 g/mol. The summed E-state index contributed by atoms with van der Waals surface area (Å²) in [5.41, 5.74) is 1.72. The molecule has 0 aliphatic carbocycles. The first kappa shape index (κ1) is 16.3. The molecule has 0 unspecified atom stereocenters. The summed E-state index contributed by atoms with van der Waals surface area (Å²) in [6.45, 7) is 2.04. The first-order valence-corrected chi connectivity index (χ1v) is 8.06. The number of aryl methyl sites for hydroxylation is 1. The lowest BCUT2D eigenvalue weighted by Crippen LogP contribution is -2.24. The summed E-state index contributed by atoms with van der Waals surface area (Å²) in [5.74, 6) is 0.758. The van der Waals surface area contributed by atoms with Crippen molar-refractivity contribution in [2.24, 2.45) is 7.05 Å². The minimum atomic E-state index is -3.70. The predicted molar refractivity (Wildman–Crippen MR) is 81.5 cm³/mol. The van der Waals surface area contributed by atoms with Crippen molar-refractivity contribution in [1.29, 1.82) is 0 Å². The smallest absolute Gasteiger partial charge is 0.244 e. The molecule has 0 aliphatic rings. The van der Waals surface area contributed by atoms with Crippen molar-refractivity contribution >= 4 is 10.0 Å². The number of sulfonamides is 1. The number of aromatic nitrogens is 2. The molecule has 7 nitrogen and oxygen atoms in total. The van der Waals surface area contributed by atoms with Crippen LogP contribution in [-0.2, 0) is 23.6 Å². The third kappa shape index (κ3) is 3.23. The molecule has 2 rings (SSSR count). The molecule has 1 heterocycles. The van der Waals surface area contributed by atoms with Crippen LogP contribution in [0.5, 0.6) is 11.5 Å². The van der Waals surface area contributed by atoms with Crippen LogP contribution in [0.2, 0.25) is 0 Å². The number of rotatable bonds is 6. The summed E-state index contributed by atoms with van der Waals surface area (Å²) < 4.78 is 39.3. The topological polar surface area (TPSA) is 82.5 Å². The first-order valence-electron chi connectivity index (χ1n) is 6.58. The highest BCUT2D eigenvalue weighted by Crippen LogP contribution is 2.28. The number of nitrogens with zero attached hydrogens (tertiary/aromatic N) is 2. The molecule has 1 aromatic carbocycles. The molecule has 2 aromatic rings. The van der Waals surface area contributed by atoms with Crippen molar-refractivity contribution in [3.63, 3.8) is 0 Å². The number of methoxy groups -OCH3 is 2. The highest BCUT2D eigenvalue weighted by molar-refractivity contribution is 7.89. The molecule has 0 radical (unpaired) electrons. The maximum Gasteiger partial charge on any atom is 0.244 e. The third-order valence-electron chi connectivity index (χ3n) is 3.45. The molecule has 22 heavy (non-hydrogen) atoms. The Hall–Kier alpha value is -2.06. The molecule has 0 amide bonds. The minimum Gasteiger partial charge on any atom is -0.497 e. The van der Waals surface area contributed by atoms with Crippen molar-refractivity contribution in [2.45, 2.75) is 18.4 Å². The molecule has 0 aliphatic heterocycles. The standard InChI is InChI=1S/C14H19N3O4S/c1-10-11(8-15-17(10)2)9-16-22(18,19)14-6-5-12(20-3)7-13(14)21-4/h5-8,16H,9H2,1-4H3. The lowest BCUT2D eigenvalue weighted by molar-refractivity contribution is 0.386. The number of ether oxygens (including phenoxy) is 2. The summed E-state index contributed by atoms with van der Waals surface area (Å²) in [6.07, 6.45) is 1.64. The number of hydrogen-bond acceptors (Lipinski definition) is 5. The van der Waals surface area contributed by atoms with Gasteiger partial charge in [-0.25, -0.2) is 13.1 Å². The summed E-state index contributed by atoms with van der Waals surface area (Å²) in [4.78, 5) is 0.0670. The van der Waals surface area contributed by atoms with Gasteiger partial charge in [-0.1, -0.05) is 0 Å². The van der Waals surface area contributed by atoms with Crippen LogP contribution in [0.3, 0.4) is 0 Å². The molecular weight excluding hydrogens is 306 g/mol. The van der Waals surface area contributed by atoms with Crippen LogP contribution < -0.4 is 14.2 Å². The Morgan fingerprint density at radius 2 is 2.00 bits per heavy atom. The van der Waals surface area contributed by atoms with E-state index in [1.54, 1.807) is 24.0 Å². The van der Waals surface area contributed by atoms with Crippen LogP contribution in [0.1, 0.15) is 11.3 Å². The van der Waals surface area contributed by atoms with Crippen molar-refractivity contribution < 1.29 is 17.9 Å². The van der Waals surface area contributed by atoms with E-state index in [1.165, 1.54) is 26.4 Å². The number of hydrogen-bond donors (Lipinski definition) is 1. The van der Waals surface area contributed by atoms with E-state index in [9.17, 15) is 8.42 Å². The van der Waals surface area contributed by atoms with Gasteiger partial charge in [0.1, 0.15) is 16.4 Å². The van der Waals surface area contributed by atoms with Gasteiger partial charge in [0.05, 0.1) is 20.4 Å². The van der Waals surface area contributed by atoms with E-state index in [-0.39, 0.29) is 17.2 Å². The predicted octanol–water partition coefficient (Wildman–Crippen LogP) is 1.22. The van der Waals surface area contributed by atoms with Gasteiger partial charge >= 0.3 is 0 Å². The SMILES string of the molecule is COc1ccc(S(=O)(=O)NCc2cnn(C)c2C)c(OC)c1. The molecule has 0 fully saturated rings. The highest BCUT2D eigenvalue weighted by atomic mass is 32.2. The fraction of sp³-hybridized carbons (Fsp3) is 0.357. The Labute approximate surface area is 129 Å². The number of benzene rings is 1. The summed E-state index contributed by atoms with van der Waals surface area (Å²) in [6, 6.07) is 4.56. The van der Waals surface area contributed by atoms with E-state index in [2.05, 4.69) is 9.82 Å². The lowest BCUT2D eigenvalue weighted by atomic mass is 10.3. The van der Waals surface area contributed by atoms with Gasteiger partial charge in [0.15, 0.2) is 0 Å². The van der Waals surface area contributed by atoms with Crippen molar-refractivity contribution in [3.8, 4) is 11.5 Å². The quantitative estimate of drug-likeness (QED) is 0.863. The van der Waals surface area contributed by atoms with E-state index in [0.717, 1.165) is 11.3 Å². The second kappa shape index (κ2) is 6.37. The lowest BCUT2D eigenvalue weighted by Gasteiger charge is -2.12. The third-order valence-corrected chi connectivity index (χ3v) is 4.89. The van der Waals surface area contributed by atoms with Gasteiger partial charge in [-0.05, 0) is 19.1 Å². The highest BCUT2D eigenvalue weighted by Gasteiger charge is 2.20.